The van der Waals surface area contributed by atoms with Crippen molar-refractivity contribution in [1.29, 1.82) is 0 Å². The molecule has 0 heterocycles. The van der Waals surface area contributed by atoms with E-state index in [0.29, 0.717) is 6.54 Å². The Balaban J connectivity index is 2.54. The van der Waals surface area contributed by atoms with Gasteiger partial charge in [0.05, 0.1) is 6.04 Å². The van der Waals surface area contributed by atoms with Crippen LogP contribution in [0.5, 0.6) is 0 Å². The number of nitrogens with one attached hydrogen (secondary N) is 2. The first kappa shape index (κ1) is 16.6. The highest BCUT2D eigenvalue weighted by molar-refractivity contribution is 5.76. The smallest absolute Gasteiger partial charge is 0.221 e. The molecule has 5 heteroatoms. The lowest BCUT2D eigenvalue weighted by Crippen LogP contribution is -2.39. The Morgan fingerprint density at radius 3 is 2.30 bits per heavy atom. The number of hydrogen-bond donors (Lipinski definition) is 2. The molecule has 1 atom stereocenters. The van der Waals surface area contributed by atoms with E-state index in [2.05, 4.69) is 10.6 Å². The zero-order valence-corrected chi connectivity index (χ0v) is 12.4. The van der Waals surface area contributed by atoms with Crippen LogP contribution < -0.4 is 10.6 Å². The van der Waals surface area contributed by atoms with Gasteiger partial charge in [-0.2, -0.15) is 0 Å². The fourth-order valence-corrected chi connectivity index (χ4v) is 1.86. The third kappa shape index (κ3) is 5.25. The molecule has 0 radical (unpaired) electrons. The molecule has 0 aliphatic carbocycles. The summed E-state index contributed by atoms with van der Waals surface area (Å²) >= 11 is 0. The highest BCUT2D eigenvalue weighted by atomic mass is 19.1. The normalized spacial score (nSPS) is 13.1. The lowest BCUT2D eigenvalue weighted by atomic mass is 10.1. The number of amides is 1. The van der Waals surface area contributed by atoms with Crippen LogP contribution in [0.1, 0.15) is 45.7 Å². The largest absolute Gasteiger partial charge is 0.349 e. The summed E-state index contributed by atoms with van der Waals surface area (Å²) in [6.45, 7) is 8.09. The quantitative estimate of drug-likeness (QED) is 0.873. The van der Waals surface area contributed by atoms with Crippen molar-refractivity contribution in [3.63, 3.8) is 0 Å². The molecule has 1 aromatic rings. The predicted molar refractivity (Wildman–Crippen MR) is 75.3 cm³/mol. The number of halogens is 2. The summed E-state index contributed by atoms with van der Waals surface area (Å²) in [5.41, 5.74) is -0.173. The Morgan fingerprint density at radius 1 is 1.25 bits per heavy atom. The van der Waals surface area contributed by atoms with Crippen LogP contribution in [0.15, 0.2) is 18.2 Å². The maximum atomic E-state index is 13.6. The molecule has 1 unspecified atom stereocenters. The molecule has 0 saturated heterocycles. The standard InChI is InChI=1S/C15H22F2N2O/c1-10(14-11(16)6-5-7-12(14)17)19-13(20)8-9-18-15(2,3)4/h5-7,10,18H,8-9H2,1-4H3,(H,19,20). The van der Waals surface area contributed by atoms with Crippen molar-refractivity contribution >= 4 is 5.91 Å². The number of carbonyl (C=O) groups excluding carboxylic acids is 1. The number of benzene rings is 1. The predicted octanol–water partition coefficient (Wildman–Crippen LogP) is 2.92. The van der Waals surface area contributed by atoms with Crippen molar-refractivity contribution < 1.29 is 13.6 Å². The number of rotatable bonds is 5. The summed E-state index contributed by atoms with van der Waals surface area (Å²) in [7, 11) is 0. The van der Waals surface area contributed by atoms with Gasteiger partial charge in [0.1, 0.15) is 11.6 Å². The summed E-state index contributed by atoms with van der Waals surface area (Å²) in [6.07, 6.45) is 0.262. The molecule has 1 aromatic carbocycles. The van der Waals surface area contributed by atoms with E-state index in [-0.39, 0.29) is 23.4 Å². The highest BCUT2D eigenvalue weighted by Crippen LogP contribution is 2.20. The van der Waals surface area contributed by atoms with Crippen LogP contribution in [0.4, 0.5) is 8.78 Å². The van der Waals surface area contributed by atoms with Crippen LogP contribution in [0.2, 0.25) is 0 Å². The third-order valence-corrected chi connectivity index (χ3v) is 2.82. The fraction of sp³-hybridized carbons (Fsp3) is 0.533. The van der Waals surface area contributed by atoms with Crippen LogP contribution in [0.25, 0.3) is 0 Å². The fourth-order valence-electron chi connectivity index (χ4n) is 1.86. The number of hydrogen-bond acceptors (Lipinski definition) is 2. The Hall–Kier alpha value is -1.49. The molecule has 20 heavy (non-hydrogen) atoms. The van der Waals surface area contributed by atoms with Gasteiger partial charge >= 0.3 is 0 Å². The van der Waals surface area contributed by atoms with Crippen molar-refractivity contribution in [2.45, 2.75) is 45.7 Å². The van der Waals surface area contributed by atoms with E-state index in [0.717, 1.165) is 0 Å². The van der Waals surface area contributed by atoms with Crippen LogP contribution in [0.3, 0.4) is 0 Å². The van der Waals surface area contributed by atoms with Gasteiger partial charge in [-0.15, -0.1) is 0 Å². The topological polar surface area (TPSA) is 41.1 Å². The molecule has 0 aromatic heterocycles. The molecule has 0 fully saturated rings. The van der Waals surface area contributed by atoms with Gasteiger partial charge in [0.15, 0.2) is 0 Å². The summed E-state index contributed by atoms with van der Waals surface area (Å²) in [6, 6.07) is 2.97. The SMILES string of the molecule is CC(NC(=O)CCNC(C)(C)C)c1c(F)cccc1F. The average Bonchev–Trinajstić information content (AvgIpc) is 2.26. The summed E-state index contributed by atoms with van der Waals surface area (Å²) in [5.74, 6) is -1.53. The van der Waals surface area contributed by atoms with E-state index in [9.17, 15) is 13.6 Å². The van der Waals surface area contributed by atoms with E-state index in [1.165, 1.54) is 18.2 Å². The van der Waals surface area contributed by atoms with E-state index < -0.39 is 17.7 Å². The lowest BCUT2D eigenvalue weighted by Gasteiger charge is -2.21. The van der Waals surface area contributed by atoms with Crippen LogP contribution in [-0.4, -0.2) is 18.0 Å². The second-order valence-electron chi connectivity index (χ2n) is 5.85. The average molecular weight is 284 g/mol. The third-order valence-electron chi connectivity index (χ3n) is 2.82. The molecule has 0 aliphatic rings. The van der Waals surface area contributed by atoms with Gasteiger partial charge in [0, 0.05) is 24.1 Å². The first-order valence-corrected chi connectivity index (χ1v) is 6.69. The van der Waals surface area contributed by atoms with E-state index in [1.54, 1.807) is 6.92 Å². The highest BCUT2D eigenvalue weighted by Gasteiger charge is 2.18. The molecular formula is C15H22F2N2O. The molecule has 2 N–H and O–H groups in total. The first-order valence-electron chi connectivity index (χ1n) is 6.69. The summed E-state index contributed by atoms with van der Waals surface area (Å²) in [4.78, 5) is 11.7. The first-order chi connectivity index (χ1) is 9.20. The summed E-state index contributed by atoms with van der Waals surface area (Å²) in [5, 5.41) is 5.78. The van der Waals surface area contributed by atoms with Gasteiger partial charge in [0.25, 0.3) is 0 Å². The molecule has 3 nitrogen and oxygen atoms in total. The Labute approximate surface area is 118 Å². The van der Waals surface area contributed by atoms with E-state index in [4.69, 9.17) is 0 Å². The van der Waals surface area contributed by atoms with Crippen molar-refractivity contribution in [1.82, 2.24) is 10.6 Å². The Morgan fingerprint density at radius 2 is 1.80 bits per heavy atom. The maximum Gasteiger partial charge on any atom is 0.221 e. The van der Waals surface area contributed by atoms with Crippen molar-refractivity contribution in [2.75, 3.05) is 6.54 Å². The summed E-state index contributed by atoms with van der Waals surface area (Å²) < 4.78 is 27.1. The van der Waals surface area contributed by atoms with Crippen molar-refractivity contribution in [3.8, 4) is 0 Å². The molecule has 0 saturated carbocycles. The van der Waals surface area contributed by atoms with E-state index in [1.807, 2.05) is 20.8 Å². The number of carbonyl (C=O) groups is 1. The maximum absolute atomic E-state index is 13.6. The monoisotopic (exact) mass is 284 g/mol. The zero-order valence-electron chi connectivity index (χ0n) is 12.4. The second-order valence-corrected chi connectivity index (χ2v) is 5.85. The van der Waals surface area contributed by atoms with Gasteiger partial charge in [-0.25, -0.2) is 8.78 Å². The minimum Gasteiger partial charge on any atom is -0.349 e. The van der Waals surface area contributed by atoms with E-state index >= 15 is 0 Å². The van der Waals surface area contributed by atoms with Crippen molar-refractivity contribution in [3.05, 3.63) is 35.4 Å². The molecule has 1 amide bonds. The molecule has 0 aliphatic heterocycles. The Kier molecular flexibility index (Phi) is 5.62. The molecule has 0 spiro atoms. The Bertz CT molecular complexity index is 449. The van der Waals surface area contributed by atoms with Gasteiger partial charge in [0.2, 0.25) is 5.91 Å². The van der Waals surface area contributed by atoms with Gasteiger partial charge in [-0.05, 0) is 39.8 Å². The lowest BCUT2D eigenvalue weighted by molar-refractivity contribution is -0.121. The van der Waals surface area contributed by atoms with Gasteiger partial charge in [-0.3, -0.25) is 4.79 Å². The minimum atomic E-state index is -0.696. The molecule has 112 valence electrons. The molecule has 1 rings (SSSR count). The van der Waals surface area contributed by atoms with Crippen molar-refractivity contribution in [2.24, 2.45) is 0 Å². The molecule has 0 bridgehead atoms. The minimum absolute atomic E-state index is 0.0659. The zero-order chi connectivity index (χ0) is 15.3. The van der Waals surface area contributed by atoms with Crippen LogP contribution in [-0.2, 0) is 4.79 Å². The second kappa shape index (κ2) is 6.79. The molecular weight excluding hydrogens is 262 g/mol. The van der Waals surface area contributed by atoms with Gasteiger partial charge < -0.3 is 10.6 Å². The van der Waals surface area contributed by atoms with Crippen LogP contribution >= 0.6 is 0 Å². The van der Waals surface area contributed by atoms with Crippen LogP contribution in [0, 0.1) is 11.6 Å². The van der Waals surface area contributed by atoms with Gasteiger partial charge in [-0.1, -0.05) is 6.07 Å².